The van der Waals surface area contributed by atoms with Crippen LogP contribution >= 0.6 is 0 Å². The van der Waals surface area contributed by atoms with Gasteiger partial charge in [-0.1, -0.05) is 0 Å². The van der Waals surface area contributed by atoms with Crippen LogP contribution in [-0.4, -0.2) is 76.3 Å². The van der Waals surface area contributed by atoms with Gasteiger partial charge < -0.3 is 24.6 Å². The fraction of sp³-hybridized carbons (Fsp3) is 0.684. The van der Waals surface area contributed by atoms with E-state index in [0.29, 0.717) is 32.8 Å². The van der Waals surface area contributed by atoms with Crippen LogP contribution in [0.1, 0.15) is 31.2 Å². The van der Waals surface area contributed by atoms with Gasteiger partial charge in [0, 0.05) is 30.9 Å². The Kier molecular flexibility index (Phi) is 4.45. The van der Waals surface area contributed by atoms with Crippen molar-refractivity contribution in [1.82, 2.24) is 25.1 Å². The number of likely N-dealkylation sites (tertiary alicyclic amines) is 2. The molecule has 1 aromatic rings. The van der Waals surface area contributed by atoms with Crippen LogP contribution in [0.15, 0.2) is 12.4 Å². The number of rotatable bonds is 2. The Balaban J connectivity index is 1.06. The second-order valence-electron chi connectivity index (χ2n) is 9.05. The molecule has 0 aromatic carbocycles. The molecule has 1 aliphatic carbocycles. The highest BCUT2D eigenvalue weighted by molar-refractivity contribution is 5.78. The first-order chi connectivity index (χ1) is 14.7. The van der Waals surface area contributed by atoms with E-state index in [0.717, 1.165) is 38.1 Å². The summed E-state index contributed by atoms with van der Waals surface area (Å²) >= 11 is 0. The maximum absolute atomic E-state index is 12.6. The van der Waals surface area contributed by atoms with E-state index < -0.39 is 23.4 Å². The Bertz CT molecular complexity index is 872. The number of aromatic nitrogens is 2. The molecule has 3 saturated heterocycles. The molecular formula is C19H22F3N5O4. The summed E-state index contributed by atoms with van der Waals surface area (Å²) in [6.45, 7) is 2.58. The zero-order valence-electron chi connectivity index (χ0n) is 16.7. The summed E-state index contributed by atoms with van der Waals surface area (Å²) in [6.07, 6.45) is -0.379. The number of hydrogen-bond acceptors (Lipinski definition) is 6. The van der Waals surface area contributed by atoms with Crippen LogP contribution in [0.4, 0.5) is 22.8 Å². The molecule has 4 fully saturated rings. The van der Waals surface area contributed by atoms with Crippen LogP contribution in [0.2, 0.25) is 0 Å². The first kappa shape index (κ1) is 20.1. The summed E-state index contributed by atoms with van der Waals surface area (Å²) in [4.78, 5) is 34.7. The Morgan fingerprint density at radius 3 is 2.29 bits per heavy atom. The van der Waals surface area contributed by atoms with Gasteiger partial charge in [-0.3, -0.25) is 0 Å². The molecule has 2 spiro atoms. The van der Waals surface area contributed by atoms with Crippen LogP contribution in [0.3, 0.4) is 0 Å². The number of alkyl carbamates (subject to hydrolysis) is 1. The lowest BCUT2D eigenvalue weighted by atomic mass is 9.68. The van der Waals surface area contributed by atoms with Crippen LogP contribution < -0.4 is 10.1 Å². The minimum atomic E-state index is -4.47. The summed E-state index contributed by atoms with van der Waals surface area (Å²) < 4.78 is 48.4. The molecule has 0 atom stereocenters. The number of halogens is 3. The van der Waals surface area contributed by atoms with E-state index in [1.807, 2.05) is 4.90 Å². The SMILES string of the molecule is O=C1NC2(CO1)CN(C(=O)N1CC3(CCC(Oc4ncc(C(F)(F)F)cn4)CC3)C1)C2. The fourth-order valence-electron chi connectivity index (χ4n) is 4.89. The van der Waals surface area contributed by atoms with Gasteiger partial charge in [-0.05, 0) is 25.7 Å². The third-order valence-electron chi connectivity index (χ3n) is 6.65. The van der Waals surface area contributed by atoms with Crippen molar-refractivity contribution in [1.29, 1.82) is 0 Å². The van der Waals surface area contributed by atoms with Crippen molar-refractivity contribution in [2.45, 2.75) is 43.5 Å². The number of nitrogens with one attached hydrogen (secondary N) is 1. The molecule has 31 heavy (non-hydrogen) atoms. The summed E-state index contributed by atoms with van der Waals surface area (Å²) in [5.41, 5.74) is -1.26. The second-order valence-corrected chi connectivity index (χ2v) is 9.05. The van der Waals surface area contributed by atoms with Crippen molar-refractivity contribution < 1.29 is 32.2 Å². The number of ether oxygens (including phenoxy) is 2. The van der Waals surface area contributed by atoms with E-state index in [2.05, 4.69) is 15.3 Å². The smallest absolute Gasteiger partial charge is 0.419 e. The number of urea groups is 1. The van der Waals surface area contributed by atoms with Gasteiger partial charge in [0.2, 0.25) is 0 Å². The number of hydrogen-bond donors (Lipinski definition) is 1. The standard InChI is InChI=1S/C19H22F3N5O4/c20-19(21,22)12-5-23-14(24-6-12)31-13-1-3-17(4-2-13)7-26(8-17)16(29)27-9-18(10-27)11-30-15(28)25-18/h5-6,13H,1-4,7-11H2,(H,25,28). The quantitative estimate of drug-likeness (QED) is 0.755. The molecule has 0 radical (unpaired) electrons. The van der Waals surface area contributed by atoms with Gasteiger partial charge in [0.05, 0.1) is 18.7 Å². The van der Waals surface area contributed by atoms with Crippen molar-refractivity contribution in [2.24, 2.45) is 5.41 Å². The number of alkyl halides is 3. The van der Waals surface area contributed by atoms with E-state index in [1.165, 1.54) is 0 Å². The fourth-order valence-corrected chi connectivity index (χ4v) is 4.89. The molecule has 5 rings (SSSR count). The number of carbonyl (C=O) groups excluding carboxylic acids is 2. The third kappa shape index (κ3) is 3.72. The van der Waals surface area contributed by atoms with Crippen molar-refractivity contribution >= 4 is 12.1 Å². The molecule has 4 aliphatic rings. The Hall–Kier alpha value is -2.79. The van der Waals surface area contributed by atoms with E-state index in [4.69, 9.17) is 9.47 Å². The highest BCUT2D eigenvalue weighted by Crippen LogP contribution is 2.45. The van der Waals surface area contributed by atoms with Crippen LogP contribution in [0, 0.1) is 5.41 Å². The minimum absolute atomic E-state index is 0.0195. The van der Waals surface area contributed by atoms with E-state index in [9.17, 15) is 22.8 Å². The first-order valence-electron chi connectivity index (χ1n) is 10.2. The predicted octanol–water partition coefficient (Wildman–Crippen LogP) is 2.03. The lowest BCUT2D eigenvalue weighted by molar-refractivity contribution is -0.138. The van der Waals surface area contributed by atoms with Gasteiger partial charge in [-0.25, -0.2) is 19.6 Å². The van der Waals surface area contributed by atoms with Gasteiger partial charge in [0.1, 0.15) is 18.2 Å². The number of carbonyl (C=O) groups is 2. The molecule has 9 nitrogen and oxygen atoms in total. The monoisotopic (exact) mass is 441 g/mol. The predicted molar refractivity (Wildman–Crippen MR) is 98.1 cm³/mol. The van der Waals surface area contributed by atoms with Crippen LogP contribution in [-0.2, 0) is 10.9 Å². The van der Waals surface area contributed by atoms with Crippen molar-refractivity contribution in [3.63, 3.8) is 0 Å². The van der Waals surface area contributed by atoms with Gasteiger partial charge in [-0.2, -0.15) is 13.2 Å². The lowest BCUT2D eigenvalue weighted by Crippen LogP contribution is -2.73. The minimum Gasteiger partial charge on any atom is -0.460 e. The summed E-state index contributed by atoms with van der Waals surface area (Å²) in [6, 6.07) is -0.0667. The molecule has 12 heteroatoms. The third-order valence-corrected chi connectivity index (χ3v) is 6.65. The van der Waals surface area contributed by atoms with Crippen molar-refractivity contribution in [3.8, 4) is 6.01 Å². The van der Waals surface area contributed by atoms with E-state index >= 15 is 0 Å². The van der Waals surface area contributed by atoms with E-state index in [1.54, 1.807) is 4.90 Å². The normalized spacial score (nSPS) is 24.4. The molecule has 1 aromatic heterocycles. The van der Waals surface area contributed by atoms with Gasteiger partial charge in [-0.15, -0.1) is 0 Å². The highest BCUT2D eigenvalue weighted by Gasteiger charge is 2.54. The average Bonchev–Trinajstić information content (AvgIpc) is 3.07. The van der Waals surface area contributed by atoms with Crippen molar-refractivity contribution in [2.75, 3.05) is 32.8 Å². The molecule has 0 unspecified atom stereocenters. The zero-order chi connectivity index (χ0) is 21.9. The van der Waals surface area contributed by atoms with Gasteiger partial charge in [0.15, 0.2) is 0 Å². The maximum Gasteiger partial charge on any atom is 0.419 e. The largest absolute Gasteiger partial charge is 0.460 e. The Morgan fingerprint density at radius 1 is 1.13 bits per heavy atom. The molecule has 3 aliphatic heterocycles. The van der Waals surface area contributed by atoms with E-state index in [-0.39, 0.29) is 23.6 Å². The summed E-state index contributed by atoms with van der Waals surface area (Å²) in [5.74, 6) is 0. The van der Waals surface area contributed by atoms with Gasteiger partial charge >= 0.3 is 24.3 Å². The van der Waals surface area contributed by atoms with Gasteiger partial charge in [0.25, 0.3) is 0 Å². The molecule has 3 amide bonds. The highest BCUT2D eigenvalue weighted by atomic mass is 19.4. The van der Waals surface area contributed by atoms with Crippen LogP contribution in [0.5, 0.6) is 6.01 Å². The first-order valence-corrected chi connectivity index (χ1v) is 10.2. The Morgan fingerprint density at radius 2 is 1.74 bits per heavy atom. The Labute approximate surface area is 175 Å². The lowest BCUT2D eigenvalue weighted by Gasteiger charge is -2.56. The van der Waals surface area contributed by atoms with Crippen LogP contribution in [0.25, 0.3) is 0 Å². The molecule has 1 N–H and O–H groups in total. The second kappa shape index (κ2) is 6.86. The number of cyclic esters (lactones) is 1. The average molecular weight is 441 g/mol. The summed E-state index contributed by atoms with van der Waals surface area (Å²) in [7, 11) is 0. The topological polar surface area (TPSA) is 96.9 Å². The van der Waals surface area contributed by atoms with Crippen molar-refractivity contribution in [3.05, 3.63) is 18.0 Å². The molecule has 168 valence electrons. The number of nitrogens with zero attached hydrogens (tertiary/aromatic N) is 4. The summed E-state index contributed by atoms with van der Waals surface area (Å²) in [5, 5.41) is 2.77. The molecule has 1 saturated carbocycles. The number of amides is 3. The molecule has 4 heterocycles. The molecular weight excluding hydrogens is 419 g/mol. The maximum atomic E-state index is 12.6. The molecule has 0 bridgehead atoms. The zero-order valence-corrected chi connectivity index (χ0v) is 16.7.